The highest BCUT2D eigenvalue weighted by atomic mass is 16.2. The largest absolute Gasteiger partial charge is 0.355 e. The van der Waals surface area contributed by atoms with Crippen molar-refractivity contribution < 1.29 is 14.4 Å². The second kappa shape index (κ2) is 8.12. The average molecular weight is 312 g/mol. The molecule has 2 N–H and O–H groups in total. The van der Waals surface area contributed by atoms with Crippen LogP contribution in [0.15, 0.2) is 0 Å². The summed E-state index contributed by atoms with van der Waals surface area (Å²) in [6.45, 7) is 11.2. The minimum Gasteiger partial charge on any atom is -0.355 e. The lowest BCUT2D eigenvalue weighted by atomic mass is 9.94. The van der Waals surface area contributed by atoms with Crippen LogP contribution < -0.4 is 10.6 Å². The lowest BCUT2D eigenvalue weighted by Gasteiger charge is -2.37. The van der Waals surface area contributed by atoms with E-state index in [1.54, 1.807) is 0 Å². The number of piperazine rings is 1. The molecule has 0 aromatic carbocycles. The van der Waals surface area contributed by atoms with Crippen molar-refractivity contribution in [3.05, 3.63) is 0 Å². The van der Waals surface area contributed by atoms with Gasteiger partial charge in [-0.2, -0.15) is 0 Å². The monoisotopic (exact) mass is 312 g/mol. The lowest BCUT2D eigenvalue weighted by molar-refractivity contribution is -0.141. The fraction of sp³-hybridized carbons (Fsp3) is 0.800. The third-order valence-corrected chi connectivity index (χ3v) is 3.49. The van der Waals surface area contributed by atoms with E-state index in [0.29, 0.717) is 45.8 Å². The zero-order chi connectivity index (χ0) is 16.8. The smallest absolute Gasteiger partial charge is 0.234 e. The molecule has 1 saturated heterocycles. The molecule has 126 valence electrons. The van der Waals surface area contributed by atoms with E-state index in [0.717, 1.165) is 0 Å². The van der Waals surface area contributed by atoms with Gasteiger partial charge in [0, 0.05) is 51.6 Å². The van der Waals surface area contributed by atoms with Crippen molar-refractivity contribution in [1.82, 2.24) is 20.4 Å². The van der Waals surface area contributed by atoms with Gasteiger partial charge in [0.2, 0.25) is 17.7 Å². The zero-order valence-electron chi connectivity index (χ0n) is 14.1. The fourth-order valence-corrected chi connectivity index (χ4v) is 2.28. The summed E-state index contributed by atoms with van der Waals surface area (Å²) in [6, 6.07) is 0. The number of amides is 3. The molecule has 1 rings (SSSR count). The number of nitrogens with one attached hydrogen (secondary N) is 2. The molecule has 0 aliphatic carbocycles. The highest BCUT2D eigenvalue weighted by Crippen LogP contribution is 2.18. The number of carbonyl (C=O) groups is 3. The first-order valence-electron chi connectivity index (χ1n) is 7.73. The molecule has 0 aromatic rings. The molecule has 22 heavy (non-hydrogen) atoms. The third kappa shape index (κ3) is 6.43. The van der Waals surface area contributed by atoms with E-state index in [2.05, 4.69) is 10.6 Å². The van der Waals surface area contributed by atoms with Crippen LogP contribution in [0.3, 0.4) is 0 Å². The van der Waals surface area contributed by atoms with E-state index < -0.39 is 0 Å². The quantitative estimate of drug-likeness (QED) is 0.666. The van der Waals surface area contributed by atoms with E-state index in [1.807, 2.05) is 30.6 Å². The fourth-order valence-electron chi connectivity index (χ4n) is 2.28. The lowest BCUT2D eigenvalue weighted by Crippen LogP contribution is -2.53. The van der Waals surface area contributed by atoms with Gasteiger partial charge in [-0.05, 0) is 0 Å². The van der Waals surface area contributed by atoms with Gasteiger partial charge in [-0.3, -0.25) is 19.3 Å². The molecular weight excluding hydrogens is 284 g/mol. The average Bonchev–Trinajstić information content (AvgIpc) is 2.42. The molecule has 1 heterocycles. The number of rotatable bonds is 5. The van der Waals surface area contributed by atoms with E-state index in [1.165, 1.54) is 6.92 Å². The number of hydrogen-bond acceptors (Lipinski definition) is 4. The molecule has 0 unspecified atom stereocenters. The van der Waals surface area contributed by atoms with Crippen molar-refractivity contribution in [3.63, 3.8) is 0 Å². The number of nitrogens with zero attached hydrogens (tertiary/aromatic N) is 2. The van der Waals surface area contributed by atoms with Gasteiger partial charge in [-0.15, -0.1) is 0 Å². The molecule has 3 amide bonds. The Bertz CT molecular complexity index is 410. The molecule has 0 spiro atoms. The molecule has 1 fully saturated rings. The summed E-state index contributed by atoms with van der Waals surface area (Å²) in [5.41, 5.74) is -0.358. The predicted molar refractivity (Wildman–Crippen MR) is 84.2 cm³/mol. The van der Waals surface area contributed by atoms with Crippen LogP contribution in [0.1, 0.15) is 27.7 Å². The van der Waals surface area contributed by atoms with Gasteiger partial charge in [-0.1, -0.05) is 20.8 Å². The van der Waals surface area contributed by atoms with Crippen LogP contribution in [0, 0.1) is 5.41 Å². The Morgan fingerprint density at radius 1 is 0.955 bits per heavy atom. The molecule has 0 aromatic heterocycles. The van der Waals surface area contributed by atoms with Crippen molar-refractivity contribution >= 4 is 17.7 Å². The van der Waals surface area contributed by atoms with Crippen LogP contribution in [0.4, 0.5) is 0 Å². The Labute approximate surface area is 132 Å². The normalized spacial score (nSPS) is 16.3. The van der Waals surface area contributed by atoms with Crippen LogP contribution in [0.5, 0.6) is 0 Å². The first kappa shape index (κ1) is 18.4. The maximum atomic E-state index is 12.2. The van der Waals surface area contributed by atoms with E-state index >= 15 is 0 Å². The van der Waals surface area contributed by atoms with Gasteiger partial charge in [0.05, 0.1) is 6.54 Å². The van der Waals surface area contributed by atoms with Crippen molar-refractivity contribution in [3.8, 4) is 0 Å². The molecule has 7 nitrogen and oxygen atoms in total. The van der Waals surface area contributed by atoms with Crippen molar-refractivity contribution in [2.75, 3.05) is 45.8 Å². The third-order valence-electron chi connectivity index (χ3n) is 3.49. The first-order chi connectivity index (χ1) is 10.2. The second-order valence-electron chi connectivity index (χ2n) is 6.65. The van der Waals surface area contributed by atoms with Gasteiger partial charge >= 0.3 is 0 Å². The van der Waals surface area contributed by atoms with Crippen LogP contribution in [-0.4, -0.2) is 73.3 Å². The standard InChI is InChI=1S/C15H28N4O3/c1-12(20)16-5-6-17-13(21)11-18-7-9-19(10-8-18)14(22)15(2,3)4/h5-11H2,1-4H3,(H,16,20)(H,17,21). The summed E-state index contributed by atoms with van der Waals surface area (Å²) in [7, 11) is 0. The van der Waals surface area contributed by atoms with E-state index in [4.69, 9.17) is 0 Å². The van der Waals surface area contributed by atoms with Crippen LogP contribution in [0.2, 0.25) is 0 Å². The van der Waals surface area contributed by atoms with Crippen LogP contribution in [0.25, 0.3) is 0 Å². The summed E-state index contributed by atoms with van der Waals surface area (Å²) in [5.74, 6) is 0.00162. The maximum absolute atomic E-state index is 12.2. The summed E-state index contributed by atoms with van der Waals surface area (Å²) >= 11 is 0. The molecule has 0 atom stereocenters. The Morgan fingerprint density at radius 2 is 1.50 bits per heavy atom. The molecule has 0 radical (unpaired) electrons. The summed E-state index contributed by atoms with van der Waals surface area (Å²) in [5, 5.41) is 5.39. The van der Waals surface area contributed by atoms with Gasteiger partial charge < -0.3 is 15.5 Å². The van der Waals surface area contributed by atoms with Crippen molar-refractivity contribution in [2.45, 2.75) is 27.7 Å². The Balaban J connectivity index is 2.24. The van der Waals surface area contributed by atoms with Crippen molar-refractivity contribution in [1.29, 1.82) is 0 Å². The van der Waals surface area contributed by atoms with Crippen molar-refractivity contribution in [2.24, 2.45) is 5.41 Å². The highest BCUT2D eigenvalue weighted by molar-refractivity contribution is 5.81. The summed E-state index contributed by atoms with van der Waals surface area (Å²) < 4.78 is 0. The van der Waals surface area contributed by atoms with Gasteiger partial charge in [0.15, 0.2) is 0 Å². The topological polar surface area (TPSA) is 81.8 Å². The molecule has 1 aliphatic heterocycles. The molecule has 0 saturated carbocycles. The van der Waals surface area contributed by atoms with Gasteiger partial charge in [0.1, 0.15) is 0 Å². The number of carbonyl (C=O) groups excluding carboxylic acids is 3. The van der Waals surface area contributed by atoms with E-state index in [9.17, 15) is 14.4 Å². The molecule has 0 bridgehead atoms. The Hall–Kier alpha value is -1.63. The van der Waals surface area contributed by atoms with Crippen LogP contribution in [-0.2, 0) is 14.4 Å². The summed E-state index contributed by atoms with van der Waals surface area (Å²) in [6.07, 6.45) is 0. The zero-order valence-corrected chi connectivity index (χ0v) is 14.1. The Morgan fingerprint density at radius 3 is 2.00 bits per heavy atom. The molecule has 1 aliphatic rings. The Kier molecular flexibility index (Phi) is 6.80. The van der Waals surface area contributed by atoms with Gasteiger partial charge in [0.25, 0.3) is 0 Å². The predicted octanol–water partition coefficient (Wildman–Crippen LogP) is -0.571. The van der Waals surface area contributed by atoms with E-state index in [-0.39, 0.29) is 23.1 Å². The highest BCUT2D eigenvalue weighted by Gasteiger charge is 2.29. The molecule has 7 heteroatoms. The van der Waals surface area contributed by atoms with Crippen LogP contribution >= 0.6 is 0 Å². The number of hydrogen-bond donors (Lipinski definition) is 2. The van der Waals surface area contributed by atoms with Gasteiger partial charge in [-0.25, -0.2) is 0 Å². The first-order valence-corrected chi connectivity index (χ1v) is 7.73. The summed E-state index contributed by atoms with van der Waals surface area (Å²) in [4.78, 5) is 38.6. The second-order valence-corrected chi connectivity index (χ2v) is 6.65. The maximum Gasteiger partial charge on any atom is 0.234 e. The minimum absolute atomic E-state index is 0.0547. The minimum atomic E-state index is -0.358. The SMILES string of the molecule is CC(=O)NCCNC(=O)CN1CCN(C(=O)C(C)(C)C)CC1. The molecular formula is C15H28N4O3.